The minimum Gasteiger partial charge on any atom is -0.483 e. The SMILES string of the molecule is COC(=O)CN1C(=O)S/C(=C\c2ccccc2OCC(=O)Nc2ccc(C)cc2C)C1=O. The van der Waals surface area contributed by atoms with Gasteiger partial charge in [0.2, 0.25) is 0 Å². The van der Waals surface area contributed by atoms with E-state index >= 15 is 0 Å². The van der Waals surface area contributed by atoms with Gasteiger partial charge in [-0.25, -0.2) is 0 Å². The molecule has 0 spiro atoms. The monoisotopic (exact) mass is 454 g/mol. The van der Waals surface area contributed by atoms with Gasteiger partial charge in [0.15, 0.2) is 6.61 Å². The number of methoxy groups -OCH3 is 1. The largest absolute Gasteiger partial charge is 0.483 e. The van der Waals surface area contributed by atoms with Crippen molar-refractivity contribution in [3.05, 3.63) is 64.1 Å². The quantitative estimate of drug-likeness (QED) is 0.504. The minimum atomic E-state index is -0.688. The second-order valence-electron chi connectivity index (χ2n) is 7.04. The first kappa shape index (κ1) is 23.1. The molecule has 166 valence electrons. The Balaban J connectivity index is 1.69. The molecule has 1 N–H and O–H groups in total. The average Bonchev–Trinajstić information content (AvgIpc) is 3.02. The molecule has 1 fully saturated rings. The number of imide groups is 1. The highest BCUT2D eigenvalue weighted by Gasteiger charge is 2.36. The lowest BCUT2D eigenvalue weighted by atomic mass is 10.1. The van der Waals surface area contributed by atoms with Crippen molar-refractivity contribution >= 4 is 46.5 Å². The topological polar surface area (TPSA) is 102 Å². The Labute approximate surface area is 189 Å². The highest BCUT2D eigenvalue weighted by atomic mass is 32.2. The van der Waals surface area contributed by atoms with Gasteiger partial charge in [-0.2, -0.15) is 0 Å². The number of thioether (sulfide) groups is 1. The van der Waals surface area contributed by atoms with Gasteiger partial charge in [-0.15, -0.1) is 0 Å². The average molecular weight is 455 g/mol. The van der Waals surface area contributed by atoms with Crippen molar-refractivity contribution < 1.29 is 28.7 Å². The number of benzene rings is 2. The van der Waals surface area contributed by atoms with E-state index < -0.39 is 23.7 Å². The number of aryl methyl sites for hydroxylation is 2. The summed E-state index contributed by atoms with van der Waals surface area (Å²) in [7, 11) is 1.18. The fourth-order valence-corrected chi connectivity index (χ4v) is 3.82. The van der Waals surface area contributed by atoms with Crippen LogP contribution >= 0.6 is 11.8 Å². The summed E-state index contributed by atoms with van der Waals surface area (Å²) in [6.07, 6.45) is 1.50. The number of anilines is 1. The van der Waals surface area contributed by atoms with Crippen LogP contribution < -0.4 is 10.1 Å². The maximum atomic E-state index is 12.5. The van der Waals surface area contributed by atoms with Crippen LogP contribution in [0.25, 0.3) is 6.08 Å². The molecular formula is C23H22N2O6S. The zero-order valence-electron chi connectivity index (χ0n) is 17.8. The van der Waals surface area contributed by atoms with Crippen LogP contribution in [0.5, 0.6) is 5.75 Å². The van der Waals surface area contributed by atoms with Gasteiger partial charge in [-0.1, -0.05) is 35.9 Å². The number of carbonyl (C=O) groups is 4. The zero-order chi connectivity index (χ0) is 23.3. The van der Waals surface area contributed by atoms with Crippen LogP contribution in [0.2, 0.25) is 0 Å². The van der Waals surface area contributed by atoms with Crippen molar-refractivity contribution in [1.29, 1.82) is 0 Å². The first-order chi connectivity index (χ1) is 15.3. The third-order valence-corrected chi connectivity index (χ3v) is 5.52. The Hall–Kier alpha value is -3.59. The van der Waals surface area contributed by atoms with Crippen molar-refractivity contribution in [2.75, 3.05) is 25.6 Å². The molecule has 0 aliphatic carbocycles. The number of amides is 3. The Bertz CT molecular complexity index is 1110. The number of ether oxygens (including phenoxy) is 2. The molecule has 0 bridgehead atoms. The minimum absolute atomic E-state index is 0.148. The number of nitrogens with zero attached hydrogens (tertiary/aromatic N) is 1. The summed E-state index contributed by atoms with van der Waals surface area (Å²) in [5.74, 6) is -1.23. The molecule has 8 nitrogen and oxygen atoms in total. The van der Waals surface area contributed by atoms with Gasteiger partial charge in [0.05, 0.1) is 12.0 Å². The van der Waals surface area contributed by atoms with Crippen LogP contribution in [0.1, 0.15) is 16.7 Å². The van der Waals surface area contributed by atoms with E-state index in [0.717, 1.165) is 27.8 Å². The second kappa shape index (κ2) is 10.1. The third kappa shape index (κ3) is 5.55. The number of nitrogens with one attached hydrogen (secondary N) is 1. The van der Waals surface area contributed by atoms with Gasteiger partial charge in [-0.3, -0.25) is 24.1 Å². The van der Waals surface area contributed by atoms with Gasteiger partial charge in [-0.05, 0) is 49.4 Å². The molecule has 2 aromatic rings. The smallest absolute Gasteiger partial charge is 0.325 e. The van der Waals surface area contributed by atoms with Crippen molar-refractivity contribution in [1.82, 2.24) is 4.90 Å². The Morgan fingerprint density at radius 2 is 1.88 bits per heavy atom. The fourth-order valence-electron chi connectivity index (χ4n) is 2.99. The predicted octanol–water partition coefficient (Wildman–Crippen LogP) is 3.53. The number of para-hydroxylation sites is 1. The Morgan fingerprint density at radius 3 is 2.59 bits per heavy atom. The molecule has 0 saturated carbocycles. The summed E-state index contributed by atoms with van der Waals surface area (Å²) in [6.45, 7) is 3.20. The summed E-state index contributed by atoms with van der Waals surface area (Å²) in [5, 5.41) is 2.25. The molecule has 1 aliphatic heterocycles. The molecule has 0 aromatic heterocycles. The molecule has 0 radical (unpaired) electrons. The Kier molecular flexibility index (Phi) is 7.32. The molecule has 1 saturated heterocycles. The van der Waals surface area contributed by atoms with E-state index in [1.807, 2.05) is 32.0 Å². The number of hydrogen-bond donors (Lipinski definition) is 1. The molecule has 0 unspecified atom stereocenters. The first-order valence-electron chi connectivity index (χ1n) is 9.69. The number of esters is 1. The van der Waals surface area contributed by atoms with Crippen LogP contribution in [0.15, 0.2) is 47.4 Å². The lowest BCUT2D eigenvalue weighted by Gasteiger charge is -2.12. The molecule has 3 amide bonds. The van der Waals surface area contributed by atoms with Crippen molar-refractivity contribution in [3.8, 4) is 5.75 Å². The molecule has 1 heterocycles. The number of hydrogen-bond acceptors (Lipinski definition) is 7. The normalized spacial score (nSPS) is 14.6. The van der Waals surface area contributed by atoms with E-state index in [0.29, 0.717) is 17.0 Å². The molecule has 32 heavy (non-hydrogen) atoms. The van der Waals surface area contributed by atoms with Gasteiger partial charge >= 0.3 is 5.97 Å². The maximum absolute atomic E-state index is 12.5. The second-order valence-corrected chi connectivity index (χ2v) is 8.03. The van der Waals surface area contributed by atoms with Crippen molar-refractivity contribution in [2.45, 2.75) is 13.8 Å². The van der Waals surface area contributed by atoms with Crippen molar-refractivity contribution in [3.63, 3.8) is 0 Å². The molecule has 2 aromatic carbocycles. The molecule has 3 rings (SSSR count). The summed E-state index contributed by atoms with van der Waals surface area (Å²) >= 11 is 0.723. The molecular weight excluding hydrogens is 432 g/mol. The van der Waals surface area contributed by atoms with Crippen LogP contribution in [0.3, 0.4) is 0 Å². The van der Waals surface area contributed by atoms with Crippen LogP contribution in [0.4, 0.5) is 10.5 Å². The summed E-state index contributed by atoms with van der Waals surface area (Å²) in [4.78, 5) is 49.4. The van der Waals surface area contributed by atoms with Gasteiger partial charge < -0.3 is 14.8 Å². The van der Waals surface area contributed by atoms with Crippen LogP contribution in [-0.4, -0.2) is 48.2 Å². The van der Waals surface area contributed by atoms with E-state index in [4.69, 9.17) is 4.74 Å². The van der Waals surface area contributed by atoms with Crippen LogP contribution in [0, 0.1) is 13.8 Å². The number of rotatable bonds is 7. The first-order valence-corrected chi connectivity index (χ1v) is 10.5. The van der Waals surface area contributed by atoms with E-state index in [1.165, 1.54) is 13.2 Å². The number of carbonyl (C=O) groups excluding carboxylic acids is 4. The summed E-state index contributed by atoms with van der Waals surface area (Å²) in [5.41, 5.74) is 3.27. The summed E-state index contributed by atoms with van der Waals surface area (Å²) < 4.78 is 10.2. The van der Waals surface area contributed by atoms with E-state index in [9.17, 15) is 19.2 Å². The van der Waals surface area contributed by atoms with Gasteiger partial charge in [0.25, 0.3) is 17.1 Å². The standard InChI is InChI=1S/C23H22N2O6S/c1-14-8-9-17(15(2)10-14)24-20(26)13-31-18-7-5-4-6-16(18)11-19-22(28)25(23(29)32-19)12-21(27)30-3/h4-11H,12-13H2,1-3H3,(H,24,26)/b19-11-. The van der Waals surface area contributed by atoms with E-state index in [2.05, 4.69) is 10.1 Å². The molecule has 0 atom stereocenters. The highest BCUT2D eigenvalue weighted by Crippen LogP contribution is 2.33. The summed E-state index contributed by atoms with van der Waals surface area (Å²) in [6, 6.07) is 12.6. The highest BCUT2D eigenvalue weighted by molar-refractivity contribution is 8.18. The van der Waals surface area contributed by atoms with Gasteiger partial charge in [0, 0.05) is 11.3 Å². The zero-order valence-corrected chi connectivity index (χ0v) is 18.7. The molecule has 1 aliphatic rings. The maximum Gasteiger partial charge on any atom is 0.325 e. The van der Waals surface area contributed by atoms with Crippen LogP contribution in [-0.2, 0) is 19.1 Å². The Morgan fingerprint density at radius 1 is 1.12 bits per heavy atom. The van der Waals surface area contributed by atoms with Gasteiger partial charge in [0.1, 0.15) is 12.3 Å². The van der Waals surface area contributed by atoms with E-state index in [1.54, 1.807) is 24.3 Å². The predicted molar refractivity (Wildman–Crippen MR) is 121 cm³/mol. The lowest BCUT2D eigenvalue weighted by molar-refractivity contribution is -0.143. The van der Waals surface area contributed by atoms with E-state index in [-0.39, 0.29) is 17.4 Å². The third-order valence-electron chi connectivity index (χ3n) is 4.61. The molecule has 9 heteroatoms. The van der Waals surface area contributed by atoms with Crippen molar-refractivity contribution in [2.24, 2.45) is 0 Å². The lowest BCUT2D eigenvalue weighted by Crippen LogP contribution is -2.34. The fraction of sp³-hybridized carbons (Fsp3) is 0.217.